The van der Waals surface area contributed by atoms with Crippen molar-refractivity contribution < 1.29 is 9.59 Å². The van der Waals surface area contributed by atoms with E-state index in [9.17, 15) is 9.59 Å². The molecular formula is C17H10BrNO2. The minimum absolute atomic E-state index is 0.197. The zero-order valence-corrected chi connectivity index (χ0v) is 12.6. The number of Topliss-reactive ketones (excluding diaryl/α,β-unsaturated/α-hetero) is 1. The summed E-state index contributed by atoms with van der Waals surface area (Å²) in [4.78, 5) is 25.5. The first-order chi connectivity index (χ1) is 10.2. The van der Waals surface area contributed by atoms with Gasteiger partial charge < -0.3 is 0 Å². The second-order valence-corrected chi connectivity index (χ2v) is 5.38. The molecule has 0 radical (unpaired) electrons. The van der Waals surface area contributed by atoms with Crippen LogP contribution in [0, 0.1) is 11.8 Å². The van der Waals surface area contributed by atoms with Crippen LogP contribution in [0.25, 0.3) is 0 Å². The minimum atomic E-state index is -0.528. The Hall–Kier alpha value is -2.38. The number of hydrogen-bond acceptors (Lipinski definition) is 2. The van der Waals surface area contributed by atoms with Crippen molar-refractivity contribution in [2.45, 2.75) is 0 Å². The molecule has 0 saturated carbocycles. The van der Waals surface area contributed by atoms with Gasteiger partial charge in [-0.25, -0.2) is 0 Å². The molecule has 1 heterocycles. The normalized spacial score (nSPS) is 12.9. The summed E-state index contributed by atoms with van der Waals surface area (Å²) in [5.74, 6) is 4.91. The minimum Gasteiger partial charge on any atom is -0.293 e. The van der Waals surface area contributed by atoms with E-state index >= 15 is 0 Å². The van der Waals surface area contributed by atoms with Gasteiger partial charge >= 0.3 is 0 Å². The van der Waals surface area contributed by atoms with Gasteiger partial charge in [-0.05, 0) is 40.2 Å². The summed E-state index contributed by atoms with van der Waals surface area (Å²) in [6.07, 6.45) is 0. The lowest BCUT2D eigenvalue weighted by molar-refractivity contribution is -0.114. The highest BCUT2D eigenvalue weighted by molar-refractivity contribution is 9.10. The van der Waals surface area contributed by atoms with Crippen LogP contribution in [-0.2, 0) is 4.79 Å². The molecule has 102 valence electrons. The van der Waals surface area contributed by atoms with E-state index in [1.807, 2.05) is 30.3 Å². The van der Waals surface area contributed by atoms with Crippen molar-refractivity contribution in [2.24, 2.45) is 0 Å². The van der Waals surface area contributed by atoms with E-state index in [1.165, 1.54) is 4.90 Å². The van der Waals surface area contributed by atoms with Crippen molar-refractivity contribution in [3.8, 4) is 11.8 Å². The molecule has 0 bridgehead atoms. The molecule has 0 N–H and O–H groups in total. The van der Waals surface area contributed by atoms with Gasteiger partial charge in [0.25, 0.3) is 11.7 Å². The Balaban J connectivity index is 1.88. The Morgan fingerprint density at radius 1 is 1.00 bits per heavy atom. The number of carbonyl (C=O) groups excluding carboxylic acids is 2. The molecule has 0 fully saturated rings. The Bertz CT molecular complexity index is 787. The number of anilines is 1. The summed E-state index contributed by atoms with van der Waals surface area (Å²) in [5, 5.41) is 0. The molecule has 0 unspecified atom stereocenters. The average molecular weight is 340 g/mol. The Morgan fingerprint density at radius 2 is 1.76 bits per heavy atom. The SMILES string of the molecule is O=C1C(=O)N(CC#Cc2ccccc2)c2cccc(Br)c21. The topological polar surface area (TPSA) is 37.4 Å². The molecule has 0 spiro atoms. The largest absolute Gasteiger partial charge is 0.300 e. The lowest BCUT2D eigenvalue weighted by atomic mass is 10.1. The highest BCUT2D eigenvalue weighted by Gasteiger charge is 2.36. The smallest absolute Gasteiger partial charge is 0.293 e. The van der Waals surface area contributed by atoms with E-state index in [0.717, 1.165) is 5.56 Å². The quantitative estimate of drug-likeness (QED) is 0.591. The van der Waals surface area contributed by atoms with Crippen LogP contribution in [0.1, 0.15) is 15.9 Å². The van der Waals surface area contributed by atoms with Crippen LogP contribution in [0.15, 0.2) is 53.0 Å². The third-order valence-corrected chi connectivity index (χ3v) is 3.85. The van der Waals surface area contributed by atoms with Gasteiger partial charge in [0.2, 0.25) is 0 Å². The van der Waals surface area contributed by atoms with Crippen molar-refractivity contribution in [2.75, 3.05) is 11.4 Å². The number of rotatable bonds is 1. The lowest BCUT2D eigenvalue weighted by Gasteiger charge is -2.12. The lowest BCUT2D eigenvalue weighted by Crippen LogP contribution is -2.29. The number of halogens is 1. The van der Waals surface area contributed by atoms with Gasteiger partial charge in [-0.2, -0.15) is 0 Å². The monoisotopic (exact) mass is 339 g/mol. The van der Waals surface area contributed by atoms with E-state index in [1.54, 1.807) is 18.2 Å². The fourth-order valence-electron chi connectivity index (χ4n) is 2.20. The third-order valence-electron chi connectivity index (χ3n) is 3.19. The Kier molecular flexibility index (Phi) is 3.59. The summed E-state index contributed by atoms with van der Waals surface area (Å²) in [7, 11) is 0. The number of ketones is 1. The summed E-state index contributed by atoms with van der Waals surface area (Å²) < 4.78 is 0.636. The highest BCUT2D eigenvalue weighted by Crippen LogP contribution is 2.33. The van der Waals surface area contributed by atoms with Crippen molar-refractivity contribution in [3.05, 3.63) is 64.1 Å². The fraction of sp³-hybridized carbons (Fsp3) is 0.0588. The van der Waals surface area contributed by atoms with E-state index in [0.29, 0.717) is 15.7 Å². The van der Waals surface area contributed by atoms with Gasteiger partial charge in [0.05, 0.1) is 17.8 Å². The zero-order chi connectivity index (χ0) is 14.8. The molecule has 0 atom stereocenters. The molecule has 0 saturated heterocycles. The second kappa shape index (κ2) is 5.55. The number of amides is 1. The van der Waals surface area contributed by atoms with E-state index in [2.05, 4.69) is 27.8 Å². The third kappa shape index (κ3) is 2.48. The number of nitrogens with zero attached hydrogens (tertiary/aromatic N) is 1. The van der Waals surface area contributed by atoms with Crippen LogP contribution in [0.2, 0.25) is 0 Å². The first kappa shape index (κ1) is 13.6. The predicted octanol–water partition coefficient (Wildman–Crippen LogP) is 3.03. The van der Waals surface area contributed by atoms with Crippen LogP contribution in [-0.4, -0.2) is 18.2 Å². The molecule has 1 amide bonds. The first-order valence-corrected chi connectivity index (χ1v) is 7.16. The summed E-state index contributed by atoms with van der Waals surface area (Å²) in [5.41, 5.74) is 1.91. The zero-order valence-electron chi connectivity index (χ0n) is 11.0. The predicted molar refractivity (Wildman–Crippen MR) is 84.1 cm³/mol. The molecule has 2 aromatic carbocycles. The highest BCUT2D eigenvalue weighted by atomic mass is 79.9. The maximum Gasteiger partial charge on any atom is 0.300 e. The van der Waals surface area contributed by atoms with Crippen LogP contribution in [0.3, 0.4) is 0 Å². The molecule has 2 aromatic rings. The number of carbonyl (C=O) groups is 2. The van der Waals surface area contributed by atoms with Crippen molar-refractivity contribution in [1.82, 2.24) is 0 Å². The van der Waals surface area contributed by atoms with Gasteiger partial charge in [-0.1, -0.05) is 36.1 Å². The fourth-order valence-corrected chi connectivity index (χ4v) is 2.74. The average Bonchev–Trinajstić information content (AvgIpc) is 2.74. The molecule has 1 aliphatic rings. The van der Waals surface area contributed by atoms with Gasteiger partial charge in [0, 0.05) is 10.0 Å². The molecule has 1 aliphatic heterocycles. The summed E-state index contributed by atoms with van der Waals surface area (Å²) in [6, 6.07) is 14.8. The standard InChI is InChI=1S/C17H10BrNO2/c18-13-9-4-10-14-15(13)16(20)17(21)19(14)11-5-8-12-6-2-1-3-7-12/h1-4,6-7,9-10H,11H2. The van der Waals surface area contributed by atoms with Crippen molar-refractivity contribution in [3.63, 3.8) is 0 Å². The Morgan fingerprint density at radius 3 is 2.52 bits per heavy atom. The molecule has 0 aliphatic carbocycles. The molecule has 3 nitrogen and oxygen atoms in total. The number of benzene rings is 2. The van der Waals surface area contributed by atoms with E-state index in [4.69, 9.17) is 0 Å². The first-order valence-electron chi connectivity index (χ1n) is 6.37. The van der Waals surface area contributed by atoms with Crippen LogP contribution < -0.4 is 4.90 Å². The number of fused-ring (bicyclic) bond motifs is 1. The Labute approximate surface area is 130 Å². The van der Waals surface area contributed by atoms with Gasteiger partial charge in [-0.15, -0.1) is 0 Å². The maximum absolute atomic E-state index is 12.0. The van der Waals surface area contributed by atoms with E-state index in [-0.39, 0.29) is 6.54 Å². The summed E-state index contributed by atoms with van der Waals surface area (Å²) >= 11 is 3.31. The molecule has 0 aromatic heterocycles. The van der Waals surface area contributed by atoms with Crippen molar-refractivity contribution >= 4 is 33.3 Å². The van der Waals surface area contributed by atoms with Gasteiger partial charge in [0.1, 0.15) is 0 Å². The van der Waals surface area contributed by atoms with Crippen molar-refractivity contribution in [1.29, 1.82) is 0 Å². The van der Waals surface area contributed by atoms with Gasteiger partial charge in [-0.3, -0.25) is 14.5 Å². The number of hydrogen-bond donors (Lipinski definition) is 0. The van der Waals surface area contributed by atoms with Crippen LogP contribution >= 0.6 is 15.9 Å². The molecule has 21 heavy (non-hydrogen) atoms. The molecular weight excluding hydrogens is 330 g/mol. The van der Waals surface area contributed by atoms with Crippen LogP contribution in [0.5, 0.6) is 0 Å². The van der Waals surface area contributed by atoms with E-state index < -0.39 is 11.7 Å². The second-order valence-electron chi connectivity index (χ2n) is 4.52. The summed E-state index contributed by atoms with van der Waals surface area (Å²) in [6.45, 7) is 0.197. The molecule has 4 heteroatoms. The molecule has 3 rings (SSSR count). The maximum atomic E-state index is 12.0. The van der Waals surface area contributed by atoms with Gasteiger partial charge in [0.15, 0.2) is 0 Å². The van der Waals surface area contributed by atoms with Crippen LogP contribution in [0.4, 0.5) is 5.69 Å².